The molecule has 0 aliphatic heterocycles. The molecule has 2 amide bonds. The molecule has 0 fully saturated rings. The smallest absolute Gasteiger partial charge is 0.291 e. The Labute approximate surface area is 192 Å². The first-order chi connectivity index (χ1) is 16.5. The fourth-order valence-corrected chi connectivity index (χ4v) is 3.60. The number of benzene rings is 2. The predicted octanol–water partition coefficient (Wildman–Crippen LogP) is 3.33. The molecule has 11 nitrogen and oxygen atoms in total. The maximum atomic E-state index is 13.2. The molecule has 0 unspecified atom stereocenters. The summed E-state index contributed by atoms with van der Waals surface area (Å²) < 4.78 is 6.85. The number of anilines is 2. The van der Waals surface area contributed by atoms with Crippen molar-refractivity contribution in [2.24, 2.45) is 7.05 Å². The molecule has 0 saturated carbocycles. The Morgan fingerprint density at radius 2 is 1.97 bits per heavy atom. The van der Waals surface area contributed by atoms with Crippen LogP contribution in [0.25, 0.3) is 22.3 Å². The highest BCUT2D eigenvalue weighted by Gasteiger charge is 2.18. The number of aryl methyl sites for hydroxylation is 1. The van der Waals surface area contributed by atoms with Gasteiger partial charge in [0.2, 0.25) is 0 Å². The van der Waals surface area contributed by atoms with E-state index in [1.165, 1.54) is 6.26 Å². The average molecular weight is 452 g/mol. The Bertz CT molecular complexity index is 1560. The van der Waals surface area contributed by atoms with Crippen LogP contribution in [0.1, 0.15) is 26.6 Å². The van der Waals surface area contributed by atoms with Gasteiger partial charge in [0.1, 0.15) is 5.69 Å². The predicted molar refractivity (Wildman–Crippen MR) is 122 cm³/mol. The minimum atomic E-state index is -0.369. The van der Waals surface area contributed by atoms with E-state index in [0.29, 0.717) is 34.0 Å². The first-order valence-electron chi connectivity index (χ1n) is 10.1. The van der Waals surface area contributed by atoms with E-state index in [2.05, 4.69) is 37.3 Å². The van der Waals surface area contributed by atoms with Crippen molar-refractivity contribution in [3.63, 3.8) is 0 Å². The molecule has 166 valence electrons. The summed E-state index contributed by atoms with van der Waals surface area (Å²) in [5, 5.41) is 29.3. The number of aromatic nitrogens is 5. The molecule has 0 radical (unpaired) electrons. The number of amides is 2. The van der Waals surface area contributed by atoms with Crippen LogP contribution in [0.2, 0.25) is 0 Å². The fourth-order valence-electron chi connectivity index (χ4n) is 3.60. The van der Waals surface area contributed by atoms with Crippen molar-refractivity contribution in [1.29, 1.82) is 5.26 Å². The normalized spacial score (nSPS) is 10.7. The van der Waals surface area contributed by atoms with Crippen molar-refractivity contribution in [2.45, 2.75) is 0 Å². The summed E-state index contributed by atoms with van der Waals surface area (Å²) in [6.07, 6.45) is 1.43. The highest BCUT2D eigenvalue weighted by molar-refractivity contribution is 6.08. The molecule has 3 aromatic heterocycles. The van der Waals surface area contributed by atoms with Crippen molar-refractivity contribution in [3.8, 4) is 17.5 Å². The topological polar surface area (TPSA) is 155 Å². The third-order valence-corrected chi connectivity index (χ3v) is 5.28. The molecule has 2 aromatic carbocycles. The molecule has 11 heteroatoms. The minimum absolute atomic E-state index is 0.201. The van der Waals surface area contributed by atoms with Crippen LogP contribution in [0.5, 0.6) is 0 Å². The lowest BCUT2D eigenvalue weighted by Crippen LogP contribution is -2.16. The Kier molecular flexibility index (Phi) is 5.08. The van der Waals surface area contributed by atoms with Gasteiger partial charge in [-0.1, -0.05) is 6.07 Å². The van der Waals surface area contributed by atoms with Crippen LogP contribution in [0.4, 0.5) is 11.4 Å². The van der Waals surface area contributed by atoms with E-state index in [4.69, 9.17) is 4.42 Å². The van der Waals surface area contributed by atoms with Crippen molar-refractivity contribution in [3.05, 3.63) is 77.9 Å². The number of aromatic amines is 1. The van der Waals surface area contributed by atoms with E-state index in [1.807, 2.05) is 6.07 Å². The number of carbonyl (C=O) groups is 2. The lowest BCUT2D eigenvalue weighted by atomic mass is 10.1. The summed E-state index contributed by atoms with van der Waals surface area (Å²) in [6.45, 7) is 0. The molecule has 5 aromatic rings. The number of nitrogens with zero attached hydrogens (tertiary/aromatic N) is 5. The number of H-pyrrole nitrogens is 1. The number of hydrogen-bond acceptors (Lipinski definition) is 7. The summed E-state index contributed by atoms with van der Waals surface area (Å²) in [5.41, 5.74) is 3.04. The van der Waals surface area contributed by atoms with Gasteiger partial charge in [0, 0.05) is 23.7 Å². The molecular formula is C23H16N8O3. The highest BCUT2D eigenvalue weighted by atomic mass is 16.3. The molecule has 0 bridgehead atoms. The number of tetrazole rings is 1. The lowest BCUT2D eigenvalue weighted by molar-refractivity contribution is 0.0994. The zero-order valence-corrected chi connectivity index (χ0v) is 17.7. The van der Waals surface area contributed by atoms with Gasteiger partial charge in [-0.05, 0) is 59.0 Å². The average Bonchev–Trinajstić information content (AvgIpc) is 3.62. The van der Waals surface area contributed by atoms with Crippen LogP contribution in [-0.4, -0.2) is 37.0 Å². The zero-order valence-electron chi connectivity index (χ0n) is 17.7. The molecule has 0 atom stereocenters. The number of carbonyl (C=O) groups excluding carboxylic acids is 2. The Hall–Kier alpha value is -5.24. The number of furan rings is 1. The van der Waals surface area contributed by atoms with Crippen LogP contribution < -0.4 is 10.6 Å². The Morgan fingerprint density at radius 1 is 1.09 bits per heavy atom. The SMILES string of the molecule is Cn1c(C(=O)Nc2ccc(C#N)cc2-c2nnn[nH]2)cc2ccc(NC(=O)c3ccco3)cc21. The van der Waals surface area contributed by atoms with Crippen LogP contribution in [0, 0.1) is 11.3 Å². The first kappa shape index (κ1) is 20.7. The first-order valence-corrected chi connectivity index (χ1v) is 10.1. The summed E-state index contributed by atoms with van der Waals surface area (Å²) >= 11 is 0. The fraction of sp³-hybridized carbons (Fsp3) is 0.0435. The van der Waals surface area contributed by atoms with Gasteiger partial charge in [-0.3, -0.25) is 9.59 Å². The Morgan fingerprint density at radius 3 is 2.71 bits per heavy atom. The number of nitrogens with one attached hydrogen (secondary N) is 3. The minimum Gasteiger partial charge on any atom is -0.459 e. The maximum absolute atomic E-state index is 13.2. The van der Waals surface area contributed by atoms with E-state index in [-0.39, 0.29) is 17.6 Å². The van der Waals surface area contributed by atoms with Crippen molar-refractivity contribution in [1.82, 2.24) is 25.2 Å². The largest absolute Gasteiger partial charge is 0.459 e. The summed E-state index contributed by atoms with van der Waals surface area (Å²) in [7, 11) is 1.76. The van der Waals surface area contributed by atoms with Gasteiger partial charge in [-0.15, -0.1) is 5.10 Å². The van der Waals surface area contributed by atoms with Crippen LogP contribution in [-0.2, 0) is 7.05 Å². The number of rotatable bonds is 5. The van der Waals surface area contributed by atoms with Gasteiger partial charge in [0.15, 0.2) is 11.6 Å². The highest BCUT2D eigenvalue weighted by Crippen LogP contribution is 2.28. The third-order valence-electron chi connectivity index (χ3n) is 5.28. The van der Waals surface area contributed by atoms with E-state index in [1.54, 1.807) is 60.1 Å². The van der Waals surface area contributed by atoms with Crippen molar-refractivity contribution >= 4 is 34.1 Å². The monoisotopic (exact) mass is 452 g/mol. The van der Waals surface area contributed by atoms with E-state index < -0.39 is 0 Å². The van der Waals surface area contributed by atoms with E-state index in [9.17, 15) is 14.9 Å². The molecule has 0 aliphatic carbocycles. The molecule has 34 heavy (non-hydrogen) atoms. The molecule has 0 spiro atoms. The molecule has 3 N–H and O–H groups in total. The van der Waals surface area contributed by atoms with Gasteiger partial charge >= 0.3 is 0 Å². The third kappa shape index (κ3) is 3.76. The second-order valence-corrected chi connectivity index (χ2v) is 7.37. The number of hydrogen-bond donors (Lipinski definition) is 3. The summed E-state index contributed by atoms with van der Waals surface area (Å²) in [4.78, 5) is 25.4. The second-order valence-electron chi connectivity index (χ2n) is 7.37. The molecule has 0 aliphatic rings. The van der Waals surface area contributed by atoms with Crippen molar-refractivity contribution < 1.29 is 14.0 Å². The quantitative estimate of drug-likeness (QED) is 0.369. The summed E-state index contributed by atoms with van der Waals surface area (Å²) in [6, 6.07) is 17.2. The molecular weight excluding hydrogens is 436 g/mol. The number of fused-ring (bicyclic) bond motifs is 1. The van der Waals surface area contributed by atoms with Gasteiger partial charge in [0.25, 0.3) is 11.8 Å². The van der Waals surface area contributed by atoms with Gasteiger partial charge in [-0.25, -0.2) is 5.10 Å². The summed E-state index contributed by atoms with van der Waals surface area (Å²) in [5.74, 6) is -0.210. The van der Waals surface area contributed by atoms with Crippen LogP contribution in [0.15, 0.2) is 65.3 Å². The van der Waals surface area contributed by atoms with Crippen molar-refractivity contribution in [2.75, 3.05) is 10.6 Å². The molecule has 5 rings (SSSR count). The van der Waals surface area contributed by atoms with E-state index >= 15 is 0 Å². The molecule has 3 heterocycles. The Balaban J connectivity index is 1.44. The van der Waals surface area contributed by atoms with Gasteiger partial charge < -0.3 is 19.6 Å². The number of nitriles is 1. The van der Waals surface area contributed by atoms with Crippen LogP contribution >= 0.6 is 0 Å². The van der Waals surface area contributed by atoms with Gasteiger partial charge in [-0.2, -0.15) is 5.26 Å². The van der Waals surface area contributed by atoms with Gasteiger partial charge in [0.05, 0.1) is 29.1 Å². The zero-order chi connectivity index (χ0) is 23.7. The second kappa shape index (κ2) is 8.36. The maximum Gasteiger partial charge on any atom is 0.291 e. The standard InChI is InChI=1S/C23H16N8O3/c1-31-18-11-15(25-23(33)20-3-2-8-34-20)6-5-14(18)10-19(31)22(32)26-17-7-4-13(12-24)9-16(17)21-27-29-30-28-21/h2-11H,1H3,(H,25,33)(H,26,32)(H,27,28,29,30). The molecule has 0 saturated heterocycles. The van der Waals surface area contributed by atoms with E-state index in [0.717, 1.165) is 10.9 Å². The van der Waals surface area contributed by atoms with Crippen LogP contribution in [0.3, 0.4) is 0 Å². The lowest BCUT2D eigenvalue weighted by Gasteiger charge is -2.10.